The Balaban J connectivity index is 1.28. The maximum absolute atomic E-state index is 14.4. The van der Waals surface area contributed by atoms with E-state index in [9.17, 15) is 35.6 Å². The largest absolute Gasteiger partial charge is 0.573 e. The van der Waals surface area contributed by atoms with Crippen LogP contribution in [0.1, 0.15) is 22.3 Å². The first-order chi connectivity index (χ1) is 16.8. The SMILES string of the molecule is NS(=O)(=O)c1ccc(C(=O)N2CC3=C(CN(C(=O)CCc4ccc(OC(F)(F)F)cc4)C3)C2)c(F)c1. The van der Waals surface area contributed by atoms with E-state index in [1.165, 1.54) is 29.2 Å². The van der Waals surface area contributed by atoms with Crippen LogP contribution < -0.4 is 9.88 Å². The molecule has 0 atom stereocenters. The lowest BCUT2D eigenvalue weighted by Crippen LogP contribution is -2.36. The molecule has 0 saturated carbocycles. The number of sulfonamides is 1. The average Bonchev–Trinajstić information content (AvgIpc) is 3.36. The first kappa shape index (κ1) is 25.6. The van der Waals surface area contributed by atoms with Crippen molar-refractivity contribution in [1.29, 1.82) is 0 Å². The number of carbonyl (C=O) groups is 2. The maximum Gasteiger partial charge on any atom is 0.573 e. The van der Waals surface area contributed by atoms with Gasteiger partial charge in [0.15, 0.2) is 0 Å². The topological polar surface area (TPSA) is 110 Å². The van der Waals surface area contributed by atoms with Crippen LogP contribution in [0.15, 0.2) is 58.5 Å². The van der Waals surface area contributed by atoms with Gasteiger partial charge in [0.25, 0.3) is 5.91 Å². The molecule has 0 aliphatic carbocycles. The second kappa shape index (κ2) is 9.54. The van der Waals surface area contributed by atoms with E-state index in [-0.39, 0.29) is 36.7 Å². The first-order valence-electron chi connectivity index (χ1n) is 10.7. The molecule has 2 aromatic rings. The number of hydrogen-bond acceptors (Lipinski definition) is 5. The molecule has 2 aliphatic heterocycles. The summed E-state index contributed by atoms with van der Waals surface area (Å²) in [6.07, 6.45) is -4.28. The van der Waals surface area contributed by atoms with Crippen molar-refractivity contribution in [3.05, 3.63) is 70.6 Å². The number of benzene rings is 2. The fraction of sp³-hybridized carbons (Fsp3) is 0.304. The van der Waals surface area contributed by atoms with Crippen molar-refractivity contribution in [1.82, 2.24) is 9.80 Å². The lowest BCUT2D eigenvalue weighted by molar-refractivity contribution is -0.274. The van der Waals surface area contributed by atoms with Gasteiger partial charge in [0, 0.05) is 32.6 Å². The zero-order chi connectivity index (χ0) is 26.3. The fourth-order valence-electron chi connectivity index (χ4n) is 4.18. The van der Waals surface area contributed by atoms with Gasteiger partial charge >= 0.3 is 6.36 Å². The normalized spacial score (nSPS) is 15.9. The summed E-state index contributed by atoms with van der Waals surface area (Å²) in [6, 6.07) is 8.17. The number of nitrogens with zero attached hydrogens (tertiary/aromatic N) is 2. The third-order valence-corrected chi connectivity index (χ3v) is 6.86. The minimum atomic E-state index is -4.77. The molecule has 0 bridgehead atoms. The summed E-state index contributed by atoms with van der Waals surface area (Å²) in [5.41, 5.74) is 2.17. The van der Waals surface area contributed by atoms with Gasteiger partial charge in [-0.1, -0.05) is 12.1 Å². The van der Waals surface area contributed by atoms with E-state index in [0.29, 0.717) is 31.1 Å². The van der Waals surface area contributed by atoms with Crippen molar-refractivity contribution in [3.63, 3.8) is 0 Å². The summed E-state index contributed by atoms with van der Waals surface area (Å²) in [6.45, 7) is 1.08. The van der Waals surface area contributed by atoms with Gasteiger partial charge in [-0.25, -0.2) is 17.9 Å². The highest BCUT2D eigenvalue weighted by molar-refractivity contribution is 7.89. The van der Waals surface area contributed by atoms with E-state index < -0.39 is 33.0 Å². The van der Waals surface area contributed by atoms with Gasteiger partial charge in [-0.3, -0.25) is 9.59 Å². The molecule has 0 aromatic heterocycles. The molecule has 4 rings (SSSR count). The molecule has 0 fully saturated rings. The monoisotopic (exact) mass is 527 g/mol. The second-order valence-electron chi connectivity index (χ2n) is 8.50. The van der Waals surface area contributed by atoms with E-state index in [0.717, 1.165) is 23.3 Å². The number of aryl methyl sites for hydroxylation is 1. The van der Waals surface area contributed by atoms with Gasteiger partial charge in [-0.05, 0) is 53.5 Å². The van der Waals surface area contributed by atoms with Crippen LogP contribution in [-0.4, -0.2) is 62.6 Å². The number of primary sulfonamides is 1. The second-order valence-corrected chi connectivity index (χ2v) is 10.1. The molecule has 2 heterocycles. The predicted molar refractivity (Wildman–Crippen MR) is 119 cm³/mol. The Morgan fingerprint density at radius 1 is 0.944 bits per heavy atom. The van der Waals surface area contributed by atoms with Crippen molar-refractivity contribution in [2.24, 2.45) is 5.14 Å². The van der Waals surface area contributed by atoms with Gasteiger partial charge < -0.3 is 14.5 Å². The van der Waals surface area contributed by atoms with Crippen LogP contribution in [0.3, 0.4) is 0 Å². The number of halogens is 4. The Hall–Kier alpha value is -3.45. The highest BCUT2D eigenvalue weighted by Crippen LogP contribution is 2.28. The van der Waals surface area contributed by atoms with Crippen LogP contribution in [0.25, 0.3) is 0 Å². The number of carbonyl (C=O) groups excluding carboxylic acids is 2. The zero-order valence-electron chi connectivity index (χ0n) is 18.7. The minimum absolute atomic E-state index is 0.137. The van der Waals surface area contributed by atoms with Crippen LogP contribution in [-0.2, 0) is 21.2 Å². The molecule has 0 spiro atoms. The van der Waals surface area contributed by atoms with Crippen molar-refractivity contribution in [3.8, 4) is 5.75 Å². The quantitative estimate of drug-likeness (QED) is 0.459. The maximum atomic E-state index is 14.4. The van der Waals surface area contributed by atoms with Crippen LogP contribution in [0.2, 0.25) is 0 Å². The summed E-state index contributed by atoms with van der Waals surface area (Å²) in [5.74, 6) is -2.06. The summed E-state index contributed by atoms with van der Waals surface area (Å²) < 4.78 is 77.7. The van der Waals surface area contributed by atoms with Crippen molar-refractivity contribution in [2.45, 2.75) is 24.1 Å². The van der Waals surface area contributed by atoms with E-state index >= 15 is 0 Å². The zero-order valence-corrected chi connectivity index (χ0v) is 19.5. The standard InChI is InChI=1S/C23H21F4N3O5S/c24-20-9-18(36(28,33)34)6-7-19(20)22(32)30-12-15-10-29(11-16(15)13-30)21(31)8-3-14-1-4-17(5-2-14)35-23(25,26)27/h1-2,4-7,9H,3,8,10-13H2,(H2,28,33,34). The molecule has 2 aromatic carbocycles. The molecule has 13 heteroatoms. The van der Waals surface area contributed by atoms with E-state index in [2.05, 4.69) is 4.74 Å². The van der Waals surface area contributed by atoms with Crippen molar-refractivity contribution in [2.75, 3.05) is 26.2 Å². The van der Waals surface area contributed by atoms with Gasteiger partial charge in [-0.2, -0.15) is 0 Å². The number of hydrogen-bond donors (Lipinski definition) is 1. The fourth-order valence-corrected chi connectivity index (χ4v) is 4.71. The molecule has 2 amide bonds. The van der Waals surface area contributed by atoms with Crippen LogP contribution in [0.4, 0.5) is 17.6 Å². The summed E-state index contributed by atoms with van der Waals surface area (Å²) in [5, 5.41) is 4.98. The summed E-state index contributed by atoms with van der Waals surface area (Å²) in [4.78, 5) is 28.0. The van der Waals surface area contributed by atoms with Gasteiger partial charge in [-0.15, -0.1) is 13.2 Å². The van der Waals surface area contributed by atoms with E-state index in [4.69, 9.17) is 5.14 Å². The Morgan fingerprint density at radius 2 is 1.53 bits per heavy atom. The minimum Gasteiger partial charge on any atom is -0.406 e. The molecule has 2 aliphatic rings. The third-order valence-electron chi connectivity index (χ3n) is 5.95. The summed E-state index contributed by atoms with van der Waals surface area (Å²) >= 11 is 0. The Morgan fingerprint density at radius 3 is 2.06 bits per heavy atom. The first-order valence-corrected chi connectivity index (χ1v) is 12.3. The lowest BCUT2D eigenvalue weighted by atomic mass is 10.1. The van der Waals surface area contributed by atoms with Crippen molar-refractivity contribution < 1.29 is 40.3 Å². The van der Waals surface area contributed by atoms with Gasteiger partial charge in [0.2, 0.25) is 15.9 Å². The molecule has 0 unspecified atom stereocenters. The molecule has 0 radical (unpaired) electrons. The Bertz CT molecular complexity index is 1320. The molecule has 192 valence electrons. The van der Waals surface area contributed by atoms with Crippen LogP contribution >= 0.6 is 0 Å². The molecular formula is C23H21F4N3O5S. The van der Waals surface area contributed by atoms with Crippen LogP contribution in [0, 0.1) is 5.82 Å². The lowest BCUT2D eigenvalue weighted by Gasteiger charge is -2.23. The molecule has 0 saturated heterocycles. The summed E-state index contributed by atoms with van der Waals surface area (Å²) in [7, 11) is -4.10. The molecule has 8 nitrogen and oxygen atoms in total. The number of nitrogens with two attached hydrogens (primary N) is 1. The highest BCUT2D eigenvalue weighted by atomic mass is 32.2. The predicted octanol–water partition coefficient (Wildman–Crippen LogP) is 2.60. The van der Waals surface area contributed by atoms with Crippen molar-refractivity contribution >= 4 is 21.8 Å². The van der Waals surface area contributed by atoms with Crippen LogP contribution in [0.5, 0.6) is 5.75 Å². The number of ether oxygens (including phenoxy) is 1. The van der Waals surface area contributed by atoms with E-state index in [1.807, 2.05) is 0 Å². The average molecular weight is 527 g/mol. The third kappa shape index (κ3) is 5.85. The smallest absolute Gasteiger partial charge is 0.406 e. The molecule has 2 N–H and O–H groups in total. The Kier molecular flexibility index (Phi) is 6.80. The Labute approximate surface area is 204 Å². The number of amides is 2. The number of rotatable bonds is 6. The molecule has 36 heavy (non-hydrogen) atoms. The van der Waals surface area contributed by atoms with Gasteiger partial charge in [0.1, 0.15) is 11.6 Å². The highest BCUT2D eigenvalue weighted by Gasteiger charge is 2.35. The van der Waals surface area contributed by atoms with Gasteiger partial charge in [0.05, 0.1) is 10.5 Å². The number of alkyl halides is 3. The van der Waals surface area contributed by atoms with E-state index in [1.54, 1.807) is 4.90 Å². The molecular weight excluding hydrogens is 506 g/mol.